The van der Waals surface area contributed by atoms with Gasteiger partial charge in [0.2, 0.25) is 0 Å². The molecule has 66 valence electrons. The topological polar surface area (TPSA) is 73.6 Å². The van der Waals surface area contributed by atoms with E-state index in [2.05, 4.69) is 4.98 Å². The van der Waals surface area contributed by atoms with Crippen LogP contribution in [0.3, 0.4) is 0 Å². The molecule has 1 heterocycles. The average molecular weight is 195 g/mol. The van der Waals surface area contributed by atoms with Gasteiger partial charge in [-0.2, -0.15) is 0 Å². The maximum absolute atomic E-state index is 9.13. The van der Waals surface area contributed by atoms with Crippen LogP contribution in [0, 0.1) is 0 Å². The minimum absolute atomic E-state index is 0.148. The average Bonchev–Trinajstić information content (AvgIpc) is 2.46. The number of hydrogen-bond donors (Lipinski definition) is 3. The predicted molar refractivity (Wildman–Crippen MR) is 51.1 cm³/mol. The van der Waals surface area contributed by atoms with Crippen LogP contribution < -0.4 is 4.91 Å². The largest absolute Gasteiger partial charge is 0.519 e. The predicted octanol–water partition coefficient (Wildman–Crippen LogP) is -0.318. The van der Waals surface area contributed by atoms with Crippen molar-refractivity contribution in [2.75, 3.05) is 0 Å². The number of aromatic nitrogens is 1. The van der Waals surface area contributed by atoms with Gasteiger partial charge in [-0.25, -0.2) is 4.98 Å². The molecule has 0 aliphatic rings. The quantitative estimate of drug-likeness (QED) is 0.545. The van der Waals surface area contributed by atoms with E-state index < -0.39 is 7.12 Å². The third-order valence-corrected chi connectivity index (χ3v) is 2.67. The zero-order valence-electron chi connectivity index (χ0n) is 6.51. The Morgan fingerprint density at radius 3 is 2.77 bits per heavy atom. The van der Waals surface area contributed by atoms with E-state index in [1.54, 1.807) is 12.1 Å². The fourth-order valence-corrected chi connectivity index (χ4v) is 1.91. The first-order valence-electron chi connectivity index (χ1n) is 3.62. The monoisotopic (exact) mass is 195 g/mol. The summed E-state index contributed by atoms with van der Waals surface area (Å²) in [6.45, 7) is 0. The molecule has 0 aliphatic heterocycles. The maximum atomic E-state index is 9.13. The fraction of sp³-hybridized carbons (Fsp3) is 0. The summed E-state index contributed by atoms with van der Waals surface area (Å²) >= 11 is 1.15. The number of rotatable bonds is 1. The molecule has 3 N–H and O–H groups in total. The molecule has 0 radical (unpaired) electrons. The molecular formula is C7H6BNO3S. The van der Waals surface area contributed by atoms with Gasteiger partial charge in [0.1, 0.15) is 10.7 Å². The van der Waals surface area contributed by atoms with E-state index in [1.165, 1.54) is 6.07 Å². The third-order valence-electron chi connectivity index (χ3n) is 1.61. The van der Waals surface area contributed by atoms with E-state index in [1.807, 2.05) is 0 Å². The van der Waals surface area contributed by atoms with Gasteiger partial charge in [-0.1, -0.05) is 0 Å². The van der Waals surface area contributed by atoms with Crippen LogP contribution in [0.4, 0.5) is 0 Å². The van der Waals surface area contributed by atoms with Crippen molar-refractivity contribution in [3.63, 3.8) is 0 Å². The highest BCUT2D eigenvalue weighted by molar-refractivity contribution is 7.27. The van der Waals surface area contributed by atoms with Crippen molar-refractivity contribution in [1.82, 2.24) is 4.98 Å². The number of benzene rings is 1. The molecule has 0 atom stereocenters. The summed E-state index contributed by atoms with van der Waals surface area (Å²) in [5, 5.41) is 26.8. The van der Waals surface area contributed by atoms with Crippen molar-refractivity contribution in [2.45, 2.75) is 0 Å². The number of thiazole rings is 1. The molecule has 1 aromatic carbocycles. The molecule has 0 saturated carbocycles. The van der Waals surface area contributed by atoms with E-state index in [-0.39, 0.29) is 10.7 Å². The Morgan fingerprint density at radius 1 is 1.31 bits per heavy atom. The molecule has 4 nitrogen and oxygen atoms in total. The van der Waals surface area contributed by atoms with E-state index in [0.29, 0.717) is 5.52 Å². The van der Waals surface area contributed by atoms with E-state index >= 15 is 0 Å². The van der Waals surface area contributed by atoms with Crippen LogP contribution in [0.2, 0.25) is 0 Å². The Balaban J connectivity index is 2.62. The number of nitrogens with zero attached hydrogens (tertiary/aromatic N) is 1. The number of phenols is 1. The highest BCUT2D eigenvalue weighted by Gasteiger charge is 2.16. The second kappa shape index (κ2) is 2.99. The summed E-state index contributed by atoms with van der Waals surface area (Å²) < 4.78 is 0.739. The van der Waals surface area contributed by atoms with Gasteiger partial charge in [0.05, 0.1) is 10.2 Å². The van der Waals surface area contributed by atoms with Crippen molar-refractivity contribution in [2.24, 2.45) is 0 Å². The summed E-state index contributed by atoms with van der Waals surface area (Å²) in [7, 11) is -1.54. The van der Waals surface area contributed by atoms with Crippen LogP contribution in [0.1, 0.15) is 0 Å². The Kier molecular flexibility index (Phi) is 1.95. The number of hydrogen-bond acceptors (Lipinski definition) is 5. The first-order chi connectivity index (χ1) is 6.16. The van der Waals surface area contributed by atoms with E-state index in [9.17, 15) is 0 Å². The molecular weight excluding hydrogens is 189 g/mol. The lowest BCUT2D eigenvalue weighted by Crippen LogP contribution is -2.28. The van der Waals surface area contributed by atoms with Gasteiger partial charge in [-0.05, 0) is 18.2 Å². The molecule has 0 spiro atoms. The maximum Gasteiger partial charge on any atom is 0.519 e. The standard InChI is InChI=1S/C7H6BNO3S/c10-4-1-2-5-6(3-4)13-7(9-5)8(11)12/h1-3,10-12H. The van der Waals surface area contributed by atoms with Crippen LogP contribution in [0.15, 0.2) is 18.2 Å². The lowest BCUT2D eigenvalue weighted by Gasteiger charge is -1.88. The normalized spacial score (nSPS) is 10.6. The number of fused-ring (bicyclic) bond motifs is 1. The molecule has 13 heavy (non-hydrogen) atoms. The van der Waals surface area contributed by atoms with Gasteiger partial charge < -0.3 is 15.2 Å². The Hall–Kier alpha value is -1.11. The second-order valence-corrected chi connectivity index (χ2v) is 3.64. The first-order valence-corrected chi connectivity index (χ1v) is 4.44. The van der Waals surface area contributed by atoms with E-state index in [0.717, 1.165) is 16.0 Å². The van der Waals surface area contributed by atoms with Crippen LogP contribution in [0.25, 0.3) is 10.2 Å². The van der Waals surface area contributed by atoms with Crippen LogP contribution in [-0.4, -0.2) is 27.3 Å². The van der Waals surface area contributed by atoms with Gasteiger partial charge in [0.15, 0.2) is 0 Å². The van der Waals surface area contributed by atoms with Gasteiger partial charge in [-0.15, -0.1) is 11.3 Å². The van der Waals surface area contributed by atoms with Crippen LogP contribution in [0.5, 0.6) is 5.75 Å². The summed E-state index contributed by atoms with van der Waals surface area (Å²) in [6.07, 6.45) is 0. The molecule has 0 saturated heterocycles. The third kappa shape index (κ3) is 1.51. The van der Waals surface area contributed by atoms with Gasteiger partial charge in [-0.3, -0.25) is 0 Å². The van der Waals surface area contributed by atoms with E-state index in [4.69, 9.17) is 15.2 Å². The van der Waals surface area contributed by atoms with Gasteiger partial charge in [0.25, 0.3) is 0 Å². The highest BCUT2D eigenvalue weighted by Crippen LogP contribution is 2.21. The minimum Gasteiger partial charge on any atom is -0.508 e. The summed E-state index contributed by atoms with van der Waals surface area (Å²) in [6, 6.07) is 4.68. The Bertz CT molecular complexity index is 442. The number of phenolic OH excluding ortho intramolecular Hbond substituents is 1. The van der Waals surface area contributed by atoms with Crippen molar-refractivity contribution in [3.8, 4) is 5.75 Å². The molecule has 2 rings (SSSR count). The van der Waals surface area contributed by atoms with Crippen molar-refractivity contribution in [3.05, 3.63) is 18.2 Å². The zero-order chi connectivity index (χ0) is 9.42. The number of aromatic hydroxyl groups is 1. The van der Waals surface area contributed by atoms with Crippen molar-refractivity contribution < 1.29 is 15.2 Å². The molecule has 2 aromatic rings. The highest BCUT2D eigenvalue weighted by atomic mass is 32.1. The minimum atomic E-state index is -1.54. The van der Waals surface area contributed by atoms with Crippen molar-refractivity contribution >= 4 is 33.6 Å². The molecule has 0 aliphatic carbocycles. The second-order valence-electron chi connectivity index (χ2n) is 2.58. The molecule has 0 fully saturated rings. The van der Waals surface area contributed by atoms with Crippen LogP contribution >= 0.6 is 11.3 Å². The van der Waals surface area contributed by atoms with Crippen molar-refractivity contribution in [1.29, 1.82) is 0 Å². The van der Waals surface area contributed by atoms with Gasteiger partial charge in [0, 0.05) is 0 Å². The van der Waals surface area contributed by atoms with Crippen LogP contribution in [-0.2, 0) is 0 Å². The summed E-state index contributed by atoms with van der Waals surface area (Å²) in [4.78, 5) is 4.20. The Morgan fingerprint density at radius 2 is 2.08 bits per heavy atom. The fourth-order valence-electron chi connectivity index (χ4n) is 1.04. The Labute approximate surface area is 78.2 Å². The lowest BCUT2D eigenvalue weighted by atomic mass is 9.94. The molecule has 0 bridgehead atoms. The molecule has 1 aromatic heterocycles. The molecule has 0 amide bonds. The molecule has 6 heteroatoms. The lowest BCUT2D eigenvalue weighted by molar-refractivity contribution is 0.425. The summed E-state index contributed by atoms with van der Waals surface area (Å²) in [5.41, 5.74) is 0.658. The zero-order valence-corrected chi connectivity index (χ0v) is 7.32. The smallest absolute Gasteiger partial charge is 0.508 e. The molecule has 0 unspecified atom stereocenters. The SMILES string of the molecule is OB(O)c1nc2ccc(O)cc2s1. The summed E-state index contributed by atoms with van der Waals surface area (Å²) in [5.74, 6) is 0.148. The van der Waals surface area contributed by atoms with Gasteiger partial charge >= 0.3 is 7.12 Å². The first kappa shape index (κ1) is 8.49.